The molecule has 0 radical (unpaired) electrons. The summed E-state index contributed by atoms with van der Waals surface area (Å²) in [6, 6.07) is 30.7. The molecule has 3 nitrogen and oxygen atoms in total. The van der Waals surface area contributed by atoms with Gasteiger partial charge in [0.25, 0.3) is 5.56 Å². The van der Waals surface area contributed by atoms with Gasteiger partial charge in [-0.3, -0.25) is 9.36 Å². The van der Waals surface area contributed by atoms with Crippen molar-refractivity contribution in [1.29, 1.82) is 0 Å². The van der Waals surface area contributed by atoms with E-state index in [0.29, 0.717) is 0 Å². The van der Waals surface area contributed by atoms with E-state index in [1.165, 1.54) is 11.1 Å². The van der Waals surface area contributed by atoms with Crippen molar-refractivity contribution in [2.24, 2.45) is 0 Å². The van der Waals surface area contributed by atoms with E-state index in [0.717, 1.165) is 33.6 Å². The number of aryl methyl sites for hydroxylation is 1. The Balaban J connectivity index is 1.67. The minimum atomic E-state index is 0.0380. The molecule has 0 N–H and O–H groups in total. The first kappa shape index (κ1) is 19.2. The highest BCUT2D eigenvalue weighted by Gasteiger charge is 2.25. The zero-order valence-corrected chi connectivity index (χ0v) is 17.9. The third-order valence-corrected chi connectivity index (χ3v) is 7.48. The van der Waals surface area contributed by atoms with Crippen LogP contribution in [0.25, 0.3) is 5.69 Å². The Morgan fingerprint density at radius 3 is 2.00 bits per heavy atom. The van der Waals surface area contributed by atoms with Gasteiger partial charge >= 0.3 is 0 Å². The van der Waals surface area contributed by atoms with E-state index in [2.05, 4.69) is 48.5 Å². The topological polar surface area (TPSA) is 34.9 Å². The fourth-order valence-electron chi connectivity index (χ4n) is 3.67. The van der Waals surface area contributed by atoms with Crippen molar-refractivity contribution in [1.82, 2.24) is 9.55 Å². The third-order valence-electron chi connectivity index (χ3n) is 5.11. The molecule has 0 unspecified atom stereocenters. The summed E-state index contributed by atoms with van der Waals surface area (Å²) in [5, 5.41) is 0.784. The van der Waals surface area contributed by atoms with E-state index in [4.69, 9.17) is 4.98 Å². The van der Waals surface area contributed by atoms with E-state index in [1.54, 1.807) is 28.1 Å². The molecule has 0 amide bonds. The van der Waals surface area contributed by atoms with Crippen molar-refractivity contribution < 1.29 is 0 Å². The lowest BCUT2D eigenvalue weighted by Gasteiger charge is -2.20. The Labute approximate surface area is 184 Å². The normalized spacial score (nSPS) is 12.8. The van der Waals surface area contributed by atoms with Gasteiger partial charge in [0.15, 0.2) is 5.16 Å². The second-order valence-corrected chi connectivity index (χ2v) is 9.24. The smallest absolute Gasteiger partial charge is 0.268 e. The summed E-state index contributed by atoms with van der Waals surface area (Å²) >= 11 is 3.26. The number of benzene rings is 3. The average Bonchev–Trinajstić information content (AvgIpc) is 3.28. The number of fused-ring (bicyclic) bond motifs is 1. The molecule has 0 atom stereocenters. The predicted octanol–water partition coefficient (Wildman–Crippen LogP) is 5.76. The maximum Gasteiger partial charge on any atom is 0.272 e. The standard InChI is InChI=1S/C25H20N2OS2/c28-24-23-21(16-17-29-23)26-25(27(24)20-14-8-3-9-15-20)30-22(18-10-4-1-5-11-18)19-12-6-2-7-13-19/h1-15,22H,16-17H2. The highest BCUT2D eigenvalue weighted by molar-refractivity contribution is 8.00. The molecular formula is C25H20N2OS2. The van der Waals surface area contributed by atoms with Crippen LogP contribution in [0.2, 0.25) is 0 Å². The molecule has 2 heterocycles. The Bertz CT molecular complexity index is 1170. The summed E-state index contributed by atoms with van der Waals surface area (Å²) in [6.45, 7) is 0. The number of thioether (sulfide) groups is 2. The number of hydrogen-bond donors (Lipinski definition) is 0. The van der Waals surface area contributed by atoms with Gasteiger partial charge in [0.05, 0.1) is 21.5 Å². The van der Waals surface area contributed by atoms with Crippen molar-refractivity contribution in [3.05, 3.63) is 118 Å². The lowest BCUT2D eigenvalue weighted by Crippen LogP contribution is -2.24. The molecule has 1 aliphatic rings. The van der Waals surface area contributed by atoms with E-state index in [1.807, 2.05) is 42.5 Å². The van der Waals surface area contributed by atoms with E-state index >= 15 is 0 Å². The molecule has 0 fully saturated rings. The van der Waals surface area contributed by atoms with Crippen LogP contribution in [0.15, 0.2) is 106 Å². The highest BCUT2D eigenvalue weighted by atomic mass is 32.2. The quantitative estimate of drug-likeness (QED) is 0.299. The van der Waals surface area contributed by atoms with E-state index in [9.17, 15) is 4.79 Å². The van der Waals surface area contributed by atoms with Gasteiger partial charge in [0, 0.05) is 12.2 Å². The van der Waals surface area contributed by atoms with Crippen LogP contribution in [-0.2, 0) is 6.42 Å². The molecule has 0 saturated heterocycles. The predicted molar refractivity (Wildman–Crippen MR) is 125 cm³/mol. The van der Waals surface area contributed by atoms with Crippen molar-refractivity contribution in [3.8, 4) is 5.69 Å². The van der Waals surface area contributed by atoms with Crippen molar-refractivity contribution in [2.75, 3.05) is 5.75 Å². The first-order valence-corrected chi connectivity index (χ1v) is 11.8. The van der Waals surface area contributed by atoms with Gasteiger partial charge in [-0.05, 0) is 23.3 Å². The van der Waals surface area contributed by atoms with Gasteiger partial charge in [-0.2, -0.15) is 0 Å². The first-order chi connectivity index (χ1) is 14.8. The molecule has 3 aromatic carbocycles. The molecule has 1 aromatic heterocycles. The Morgan fingerprint density at radius 2 is 1.40 bits per heavy atom. The molecular weight excluding hydrogens is 408 g/mol. The molecule has 1 aliphatic heterocycles. The van der Waals surface area contributed by atoms with Crippen molar-refractivity contribution >= 4 is 23.5 Å². The van der Waals surface area contributed by atoms with Gasteiger partial charge < -0.3 is 0 Å². The molecule has 0 aliphatic carbocycles. The molecule has 4 aromatic rings. The third kappa shape index (κ3) is 3.71. The van der Waals surface area contributed by atoms with E-state index in [-0.39, 0.29) is 10.8 Å². The lowest BCUT2D eigenvalue weighted by atomic mass is 10.0. The van der Waals surface area contributed by atoms with Gasteiger partial charge in [-0.25, -0.2) is 4.98 Å². The summed E-state index contributed by atoms with van der Waals surface area (Å²) in [5.41, 5.74) is 4.21. The summed E-state index contributed by atoms with van der Waals surface area (Å²) < 4.78 is 1.78. The molecule has 30 heavy (non-hydrogen) atoms. The number of rotatable bonds is 5. The van der Waals surface area contributed by atoms with Crippen LogP contribution >= 0.6 is 23.5 Å². The van der Waals surface area contributed by atoms with Crippen LogP contribution in [0.5, 0.6) is 0 Å². The van der Waals surface area contributed by atoms with Crippen LogP contribution < -0.4 is 5.56 Å². The van der Waals surface area contributed by atoms with Crippen LogP contribution in [-0.4, -0.2) is 15.3 Å². The minimum Gasteiger partial charge on any atom is -0.268 e. The van der Waals surface area contributed by atoms with Crippen molar-refractivity contribution in [2.45, 2.75) is 21.7 Å². The van der Waals surface area contributed by atoms with Crippen LogP contribution in [0, 0.1) is 0 Å². The molecule has 5 heteroatoms. The maximum absolute atomic E-state index is 13.4. The van der Waals surface area contributed by atoms with Gasteiger partial charge in [-0.15, -0.1) is 11.8 Å². The number of nitrogens with zero attached hydrogens (tertiary/aromatic N) is 2. The van der Waals surface area contributed by atoms with Crippen LogP contribution in [0.4, 0.5) is 0 Å². The summed E-state index contributed by atoms with van der Waals surface area (Å²) in [6.07, 6.45) is 0.847. The second-order valence-electron chi connectivity index (χ2n) is 7.06. The lowest BCUT2D eigenvalue weighted by molar-refractivity contribution is 0.738. The van der Waals surface area contributed by atoms with Crippen molar-refractivity contribution in [3.63, 3.8) is 0 Å². The molecule has 0 bridgehead atoms. The zero-order chi connectivity index (χ0) is 20.3. The second kappa shape index (κ2) is 8.54. The molecule has 0 spiro atoms. The molecule has 148 valence electrons. The van der Waals surface area contributed by atoms with Gasteiger partial charge in [0.2, 0.25) is 0 Å². The molecule has 5 rings (SSSR count). The van der Waals surface area contributed by atoms with Gasteiger partial charge in [-0.1, -0.05) is 90.6 Å². The summed E-state index contributed by atoms with van der Waals surface area (Å²) in [4.78, 5) is 19.2. The maximum atomic E-state index is 13.4. The summed E-state index contributed by atoms with van der Waals surface area (Å²) in [7, 11) is 0. The Hall–Kier alpha value is -2.76. The largest absolute Gasteiger partial charge is 0.272 e. The number of para-hydroxylation sites is 1. The monoisotopic (exact) mass is 428 g/mol. The average molecular weight is 429 g/mol. The Morgan fingerprint density at radius 1 is 0.833 bits per heavy atom. The summed E-state index contributed by atoms with van der Waals surface area (Å²) in [5.74, 6) is 0.918. The highest BCUT2D eigenvalue weighted by Crippen LogP contribution is 2.41. The fraction of sp³-hybridized carbons (Fsp3) is 0.120. The minimum absolute atomic E-state index is 0.0380. The first-order valence-electron chi connectivity index (χ1n) is 9.92. The zero-order valence-electron chi connectivity index (χ0n) is 16.3. The fourth-order valence-corrected chi connectivity index (χ4v) is 5.95. The Kier molecular flexibility index (Phi) is 5.47. The number of hydrogen-bond acceptors (Lipinski definition) is 4. The van der Waals surface area contributed by atoms with E-state index < -0.39 is 0 Å². The van der Waals surface area contributed by atoms with Crippen LogP contribution in [0.1, 0.15) is 22.1 Å². The van der Waals surface area contributed by atoms with Crippen LogP contribution in [0.3, 0.4) is 0 Å². The number of aromatic nitrogens is 2. The SMILES string of the molecule is O=c1c2c(nc(SC(c3ccccc3)c3ccccc3)n1-c1ccccc1)CCS2. The van der Waals surface area contributed by atoms with Gasteiger partial charge in [0.1, 0.15) is 0 Å². The molecule has 0 saturated carbocycles.